The molecule has 0 aliphatic carbocycles. The van der Waals surface area contributed by atoms with Crippen molar-refractivity contribution in [2.24, 2.45) is 5.92 Å². The maximum absolute atomic E-state index is 11.8. The van der Waals surface area contributed by atoms with Crippen molar-refractivity contribution >= 4 is 27.1 Å². The second-order valence-electron chi connectivity index (χ2n) is 5.40. The molecule has 5 heteroatoms. The molecule has 1 fully saturated rings. The highest BCUT2D eigenvalue weighted by molar-refractivity contribution is 7.91. The molecular weight excluding hydrogens is 294 g/mol. The number of hydrogen-bond acceptors (Lipinski definition) is 3. The van der Waals surface area contributed by atoms with Crippen molar-refractivity contribution in [3.05, 3.63) is 24.3 Å². The molecule has 1 aliphatic heterocycles. The zero-order chi connectivity index (χ0) is 14.8. The van der Waals surface area contributed by atoms with Crippen LogP contribution in [0.2, 0.25) is 0 Å². The molecule has 1 atom stereocenters. The van der Waals surface area contributed by atoms with Crippen molar-refractivity contribution in [3.63, 3.8) is 0 Å². The zero-order valence-corrected chi connectivity index (χ0v) is 13.6. The maximum atomic E-state index is 11.8. The van der Waals surface area contributed by atoms with Gasteiger partial charge in [0.2, 0.25) is 0 Å². The van der Waals surface area contributed by atoms with Crippen LogP contribution in [0.1, 0.15) is 26.7 Å². The maximum Gasteiger partial charge on any atom is 0.178 e. The number of benzene rings is 1. The number of rotatable bonds is 4. The molecule has 1 unspecified atom stereocenters. The minimum Gasteiger partial charge on any atom is -0.372 e. The first kappa shape index (κ1) is 15.6. The number of sulfone groups is 1. The average molecular weight is 316 g/mol. The molecule has 112 valence electrons. The molecule has 1 aliphatic rings. The van der Waals surface area contributed by atoms with Gasteiger partial charge in [-0.3, -0.25) is 0 Å². The number of alkyl halides is 1. The molecule has 0 saturated carbocycles. The fourth-order valence-corrected chi connectivity index (χ4v) is 3.78. The molecular formula is C15H22ClNO2S. The Morgan fingerprint density at radius 3 is 2.25 bits per heavy atom. The van der Waals surface area contributed by atoms with Crippen molar-refractivity contribution in [3.8, 4) is 0 Å². The summed E-state index contributed by atoms with van der Waals surface area (Å²) in [5.41, 5.74) is 1.10. The molecule has 0 spiro atoms. The number of piperidine rings is 1. The van der Waals surface area contributed by atoms with E-state index in [0.29, 0.717) is 10.8 Å². The van der Waals surface area contributed by atoms with Gasteiger partial charge in [-0.25, -0.2) is 8.42 Å². The summed E-state index contributed by atoms with van der Waals surface area (Å²) in [5, 5.41) is 0.231. The predicted molar refractivity (Wildman–Crippen MR) is 84.4 cm³/mol. The summed E-state index contributed by atoms with van der Waals surface area (Å²) in [7, 11) is -3.10. The first-order valence-corrected chi connectivity index (χ1v) is 9.24. The van der Waals surface area contributed by atoms with Crippen molar-refractivity contribution in [2.75, 3.05) is 23.7 Å². The topological polar surface area (TPSA) is 37.4 Å². The van der Waals surface area contributed by atoms with Gasteiger partial charge in [0, 0.05) is 24.2 Å². The van der Waals surface area contributed by atoms with Gasteiger partial charge >= 0.3 is 0 Å². The van der Waals surface area contributed by atoms with E-state index in [-0.39, 0.29) is 11.1 Å². The van der Waals surface area contributed by atoms with Gasteiger partial charge < -0.3 is 4.90 Å². The lowest BCUT2D eigenvalue weighted by Crippen LogP contribution is -2.35. The van der Waals surface area contributed by atoms with E-state index in [4.69, 9.17) is 11.6 Å². The lowest BCUT2D eigenvalue weighted by Gasteiger charge is -2.34. The lowest BCUT2D eigenvalue weighted by atomic mass is 9.94. The minimum absolute atomic E-state index is 0.144. The minimum atomic E-state index is -3.10. The van der Waals surface area contributed by atoms with E-state index >= 15 is 0 Å². The van der Waals surface area contributed by atoms with Crippen LogP contribution in [0.3, 0.4) is 0 Å². The van der Waals surface area contributed by atoms with E-state index in [0.717, 1.165) is 31.6 Å². The third-order valence-corrected chi connectivity index (χ3v) is 6.24. The van der Waals surface area contributed by atoms with Gasteiger partial charge in [-0.15, -0.1) is 11.6 Å². The van der Waals surface area contributed by atoms with Crippen molar-refractivity contribution in [1.82, 2.24) is 0 Å². The lowest BCUT2D eigenvalue weighted by molar-refractivity contribution is 0.400. The summed E-state index contributed by atoms with van der Waals surface area (Å²) in [4.78, 5) is 2.71. The van der Waals surface area contributed by atoms with E-state index in [2.05, 4.69) is 11.8 Å². The monoisotopic (exact) mass is 315 g/mol. The Bertz CT molecular complexity index is 531. The quantitative estimate of drug-likeness (QED) is 0.800. The standard InChI is InChI=1S/C15H22ClNO2S/c1-3-20(18,19)15-6-4-14(5-7-15)17-10-8-13(9-11-17)12(2)16/h4-7,12-13H,3,8-11H2,1-2H3. The van der Waals surface area contributed by atoms with Gasteiger partial charge in [0.15, 0.2) is 9.84 Å². The number of halogens is 1. The van der Waals surface area contributed by atoms with E-state index in [9.17, 15) is 8.42 Å². The van der Waals surface area contributed by atoms with Crippen molar-refractivity contribution in [2.45, 2.75) is 37.0 Å². The van der Waals surface area contributed by atoms with Crippen LogP contribution < -0.4 is 4.90 Å². The zero-order valence-electron chi connectivity index (χ0n) is 12.0. The molecule has 1 aromatic rings. The van der Waals surface area contributed by atoms with Gasteiger partial charge in [-0.05, 0) is 49.9 Å². The molecule has 1 aromatic carbocycles. The highest BCUT2D eigenvalue weighted by Crippen LogP contribution is 2.28. The van der Waals surface area contributed by atoms with E-state index < -0.39 is 9.84 Å². The average Bonchev–Trinajstić information content (AvgIpc) is 2.47. The van der Waals surface area contributed by atoms with E-state index in [1.54, 1.807) is 19.1 Å². The molecule has 1 saturated heterocycles. The summed E-state index contributed by atoms with van der Waals surface area (Å²) >= 11 is 6.15. The number of anilines is 1. The Morgan fingerprint density at radius 2 is 1.80 bits per heavy atom. The smallest absolute Gasteiger partial charge is 0.178 e. The van der Waals surface area contributed by atoms with Crippen molar-refractivity contribution < 1.29 is 8.42 Å². The third kappa shape index (κ3) is 3.47. The Kier molecular flexibility index (Phi) is 4.97. The van der Waals surface area contributed by atoms with Crippen LogP contribution in [0.25, 0.3) is 0 Å². The summed E-state index contributed by atoms with van der Waals surface area (Å²) in [6.07, 6.45) is 2.19. The number of nitrogens with zero attached hydrogens (tertiary/aromatic N) is 1. The van der Waals surface area contributed by atoms with Crippen LogP contribution >= 0.6 is 11.6 Å². The van der Waals surface area contributed by atoms with Crippen LogP contribution in [0.4, 0.5) is 5.69 Å². The number of hydrogen-bond donors (Lipinski definition) is 0. The molecule has 1 heterocycles. The molecule has 0 N–H and O–H groups in total. The molecule has 20 heavy (non-hydrogen) atoms. The second kappa shape index (κ2) is 6.35. The molecule has 0 radical (unpaired) electrons. The Balaban J connectivity index is 2.05. The third-order valence-electron chi connectivity index (χ3n) is 4.13. The molecule has 0 amide bonds. The molecule has 0 aromatic heterocycles. The first-order valence-electron chi connectivity index (χ1n) is 7.16. The van der Waals surface area contributed by atoms with E-state index in [1.165, 1.54) is 0 Å². The predicted octanol–water partition coefficient (Wildman–Crippen LogP) is 3.32. The van der Waals surface area contributed by atoms with E-state index in [1.807, 2.05) is 12.1 Å². The van der Waals surface area contributed by atoms with Gasteiger partial charge in [0.05, 0.1) is 10.6 Å². The Hall–Kier alpha value is -0.740. The summed E-state index contributed by atoms with van der Waals surface area (Å²) in [5.74, 6) is 0.735. The van der Waals surface area contributed by atoms with Crippen LogP contribution in [0.5, 0.6) is 0 Å². The van der Waals surface area contributed by atoms with Gasteiger partial charge in [0.25, 0.3) is 0 Å². The fourth-order valence-electron chi connectivity index (χ4n) is 2.65. The molecule has 2 rings (SSSR count). The largest absolute Gasteiger partial charge is 0.372 e. The summed E-state index contributed by atoms with van der Waals surface area (Å²) < 4.78 is 23.6. The summed E-state index contributed by atoms with van der Waals surface area (Å²) in [6.45, 7) is 5.71. The second-order valence-corrected chi connectivity index (χ2v) is 8.37. The van der Waals surface area contributed by atoms with Crippen molar-refractivity contribution in [1.29, 1.82) is 0 Å². The van der Waals surface area contributed by atoms with Crippen LogP contribution in [0, 0.1) is 5.92 Å². The fraction of sp³-hybridized carbons (Fsp3) is 0.600. The molecule has 3 nitrogen and oxygen atoms in total. The Labute approximate surface area is 126 Å². The first-order chi connectivity index (χ1) is 9.44. The SMILES string of the molecule is CCS(=O)(=O)c1ccc(N2CCC(C(C)Cl)CC2)cc1. The van der Waals surface area contributed by atoms with Gasteiger partial charge in [0.1, 0.15) is 0 Å². The molecule has 0 bridgehead atoms. The Morgan fingerprint density at radius 1 is 1.25 bits per heavy atom. The highest BCUT2D eigenvalue weighted by atomic mass is 35.5. The van der Waals surface area contributed by atoms with Crippen LogP contribution in [-0.4, -0.2) is 32.6 Å². The normalized spacial score (nSPS) is 19.1. The summed E-state index contributed by atoms with van der Waals surface area (Å²) in [6, 6.07) is 7.24. The van der Waals surface area contributed by atoms with Gasteiger partial charge in [-0.2, -0.15) is 0 Å². The van der Waals surface area contributed by atoms with Crippen LogP contribution in [0.15, 0.2) is 29.2 Å². The van der Waals surface area contributed by atoms with Crippen LogP contribution in [-0.2, 0) is 9.84 Å². The van der Waals surface area contributed by atoms with Gasteiger partial charge in [-0.1, -0.05) is 6.92 Å². The highest BCUT2D eigenvalue weighted by Gasteiger charge is 2.23.